The zero-order chi connectivity index (χ0) is 11.4. The lowest BCUT2D eigenvalue weighted by molar-refractivity contribution is 0.242. The molecule has 1 aromatic carbocycles. The molecule has 1 rings (SSSR count). The molecule has 84 valence electrons. The Morgan fingerprint density at radius 1 is 1.40 bits per heavy atom. The molecule has 0 heterocycles. The fraction of sp³-hybridized carbons (Fsp3) is 0.455. The Balaban J connectivity index is 2.80. The van der Waals surface area contributed by atoms with Gasteiger partial charge in [0.2, 0.25) is 0 Å². The van der Waals surface area contributed by atoms with Crippen molar-refractivity contribution >= 4 is 0 Å². The van der Waals surface area contributed by atoms with Crippen LogP contribution in [-0.4, -0.2) is 22.9 Å². The van der Waals surface area contributed by atoms with Gasteiger partial charge in [-0.15, -0.1) is 0 Å². The number of aliphatic hydroxyl groups excluding tert-OH is 1. The van der Waals surface area contributed by atoms with Gasteiger partial charge in [0.25, 0.3) is 0 Å². The number of aromatic hydroxyl groups is 1. The second-order valence-corrected chi connectivity index (χ2v) is 3.68. The maximum Gasteiger partial charge on any atom is 0.123 e. The van der Waals surface area contributed by atoms with E-state index in [1.54, 1.807) is 6.92 Å². The predicted molar refractivity (Wildman–Crippen MR) is 56.2 cm³/mol. The minimum Gasteiger partial charge on any atom is -0.508 e. The van der Waals surface area contributed by atoms with E-state index in [0.717, 1.165) is 0 Å². The van der Waals surface area contributed by atoms with E-state index in [1.165, 1.54) is 18.2 Å². The number of aliphatic hydroxyl groups is 1. The van der Waals surface area contributed by atoms with Crippen molar-refractivity contribution < 1.29 is 14.6 Å². The lowest BCUT2D eigenvalue weighted by Crippen LogP contribution is -2.31. The summed E-state index contributed by atoms with van der Waals surface area (Å²) in [5.41, 5.74) is 0.496. The summed E-state index contributed by atoms with van der Waals surface area (Å²) >= 11 is 0. The van der Waals surface area contributed by atoms with E-state index in [9.17, 15) is 9.50 Å². The van der Waals surface area contributed by atoms with Crippen molar-refractivity contribution in [3.63, 3.8) is 0 Å². The third-order valence-corrected chi connectivity index (χ3v) is 2.26. The van der Waals surface area contributed by atoms with Crippen LogP contribution in [0.3, 0.4) is 0 Å². The minimum absolute atomic E-state index is 0.000414. The van der Waals surface area contributed by atoms with Crippen LogP contribution < -0.4 is 5.32 Å². The number of halogens is 1. The fourth-order valence-electron chi connectivity index (χ4n) is 1.44. The van der Waals surface area contributed by atoms with Crippen molar-refractivity contribution in [3.8, 4) is 5.75 Å². The van der Waals surface area contributed by atoms with E-state index in [-0.39, 0.29) is 30.3 Å². The minimum atomic E-state index is -0.381. The first-order chi connectivity index (χ1) is 7.04. The van der Waals surface area contributed by atoms with Crippen LogP contribution in [0.1, 0.15) is 25.5 Å². The van der Waals surface area contributed by atoms with Crippen molar-refractivity contribution in [1.29, 1.82) is 0 Å². The second kappa shape index (κ2) is 5.09. The first kappa shape index (κ1) is 11.9. The summed E-state index contributed by atoms with van der Waals surface area (Å²) < 4.78 is 12.9. The van der Waals surface area contributed by atoms with Crippen molar-refractivity contribution in [2.75, 3.05) is 6.61 Å². The number of benzene rings is 1. The quantitative estimate of drug-likeness (QED) is 0.711. The molecule has 2 atom stereocenters. The normalized spacial score (nSPS) is 14.9. The molecule has 15 heavy (non-hydrogen) atoms. The Labute approximate surface area is 88.6 Å². The van der Waals surface area contributed by atoms with Gasteiger partial charge in [0.05, 0.1) is 6.61 Å². The zero-order valence-corrected chi connectivity index (χ0v) is 8.87. The lowest BCUT2D eigenvalue weighted by Gasteiger charge is -2.19. The number of phenols is 1. The molecule has 0 bridgehead atoms. The van der Waals surface area contributed by atoms with Crippen LogP contribution in [0.25, 0.3) is 0 Å². The third-order valence-electron chi connectivity index (χ3n) is 2.26. The Morgan fingerprint density at radius 3 is 2.67 bits per heavy atom. The maximum absolute atomic E-state index is 12.9. The van der Waals surface area contributed by atoms with Crippen LogP contribution in [0.4, 0.5) is 4.39 Å². The average molecular weight is 213 g/mol. The monoisotopic (exact) mass is 213 g/mol. The van der Waals surface area contributed by atoms with Gasteiger partial charge >= 0.3 is 0 Å². The summed E-state index contributed by atoms with van der Waals surface area (Å²) in [7, 11) is 0. The molecule has 0 spiro atoms. The molecule has 0 radical (unpaired) electrons. The third kappa shape index (κ3) is 3.18. The number of hydrogen-bond donors (Lipinski definition) is 3. The molecule has 0 aliphatic heterocycles. The molecule has 4 heteroatoms. The van der Waals surface area contributed by atoms with Crippen molar-refractivity contribution in [2.24, 2.45) is 0 Å². The molecule has 0 saturated heterocycles. The molecule has 1 aromatic rings. The summed E-state index contributed by atoms with van der Waals surface area (Å²) in [6.07, 6.45) is 0. The van der Waals surface area contributed by atoms with Gasteiger partial charge < -0.3 is 15.5 Å². The molecule has 0 fully saturated rings. The summed E-state index contributed by atoms with van der Waals surface area (Å²) in [6.45, 7) is 3.62. The molecule has 0 aliphatic carbocycles. The molecule has 0 amide bonds. The van der Waals surface area contributed by atoms with Gasteiger partial charge in [0.15, 0.2) is 0 Å². The van der Waals surface area contributed by atoms with Crippen LogP contribution in [0.15, 0.2) is 18.2 Å². The van der Waals surface area contributed by atoms with E-state index in [2.05, 4.69) is 5.32 Å². The van der Waals surface area contributed by atoms with Crippen LogP contribution in [0.5, 0.6) is 5.75 Å². The van der Waals surface area contributed by atoms with Crippen LogP contribution in [-0.2, 0) is 0 Å². The van der Waals surface area contributed by atoms with Gasteiger partial charge in [0.1, 0.15) is 11.6 Å². The van der Waals surface area contributed by atoms with E-state index in [0.29, 0.717) is 5.56 Å². The number of nitrogens with one attached hydrogen (secondary N) is 1. The van der Waals surface area contributed by atoms with Gasteiger partial charge in [-0.25, -0.2) is 4.39 Å². The van der Waals surface area contributed by atoms with Crippen LogP contribution in [0.2, 0.25) is 0 Å². The van der Waals surface area contributed by atoms with Crippen molar-refractivity contribution in [2.45, 2.75) is 25.9 Å². The molecule has 0 unspecified atom stereocenters. The fourth-order valence-corrected chi connectivity index (χ4v) is 1.44. The number of hydrogen-bond acceptors (Lipinski definition) is 3. The zero-order valence-electron chi connectivity index (χ0n) is 8.87. The molecule has 3 nitrogen and oxygen atoms in total. The number of rotatable bonds is 4. The Hall–Kier alpha value is -1.13. The highest BCUT2D eigenvalue weighted by Gasteiger charge is 2.13. The Kier molecular flexibility index (Phi) is 4.05. The molecule has 0 aliphatic rings. The largest absolute Gasteiger partial charge is 0.508 e. The summed E-state index contributed by atoms with van der Waals surface area (Å²) in [6, 6.07) is 3.52. The first-order valence-electron chi connectivity index (χ1n) is 4.90. The standard InChI is InChI=1S/C11H16FNO2/c1-7(6-14)13-8(2)10-5-9(12)3-4-11(10)15/h3-5,7-8,13-15H,6H2,1-2H3/t7-,8+/m0/s1. The topological polar surface area (TPSA) is 52.5 Å². The lowest BCUT2D eigenvalue weighted by atomic mass is 10.1. The molecular weight excluding hydrogens is 197 g/mol. The molecule has 3 N–H and O–H groups in total. The molecule has 0 aromatic heterocycles. The van der Waals surface area contributed by atoms with Gasteiger partial charge in [-0.1, -0.05) is 0 Å². The van der Waals surface area contributed by atoms with E-state index < -0.39 is 0 Å². The van der Waals surface area contributed by atoms with Gasteiger partial charge in [-0.05, 0) is 32.0 Å². The summed E-state index contributed by atoms with van der Waals surface area (Å²) in [4.78, 5) is 0. The predicted octanol–water partition coefficient (Wildman–Crippen LogP) is 1.56. The van der Waals surface area contributed by atoms with Gasteiger partial charge in [-0.2, -0.15) is 0 Å². The van der Waals surface area contributed by atoms with Crippen molar-refractivity contribution in [3.05, 3.63) is 29.6 Å². The smallest absolute Gasteiger partial charge is 0.123 e. The average Bonchev–Trinajstić information content (AvgIpc) is 2.21. The molecular formula is C11H16FNO2. The van der Waals surface area contributed by atoms with E-state index >= 15 is 0 Å². The molecule has 0 saturated carbocycles. The van der Waals surface area contributed by atoms with Crippen LogP contribution >= 0.6 is 0 Å². The SMILES string of the molecule is C[C@@H](CO)N[C@H](C)c1cc(F)ccc1O. The van der Waals surface area contributed by atoms with Crippen molar-refractivity contribution in [1.82, 2.24) is 5.32 Å². The maximum atomic E-state index is 12.9. The number of phenolic OH excluding ortho intramolecular Hbond substituents is 1. The van der Waals surface area contributed by atoms with E-state index in [1.807, 2.05) is 6.92 Å². The second-order valence-electron chi connectivity index (χ2n) is 3.68. The highest BCUT2D eigenvalue weighted by Crippen LogP contribution is 2.24. The van der Waals surface area contributed by atoms with Crippen LogP contribution in [0, 0.1) is 5.82 Å². The first-order valence-corrected chi connectivity index (χ1v) is 4.90. The summed E-state index contributed by atoms with van der Waals surface area (Å²) in [5, 5.41) is 21.4. The summed E-state index contributed by atoms with van der Waals surface area (Å²) in [5.74, 6) is -0.324. The Morgan fingerprint density at radius 2 is 2.07 bits per heavy atom. The Bertz CT molecular complexity index is 330. The highest BCUT2D eigenvalue weighted by molar-refractivity contribution is 5.34. The van der Waals surface area contributed by atoms with Gasteiger partial charge in [-0.3, -0.25) is 0 Å². The van der Waals surface area contributed by atoms with Gasteiger partial charge in [0, 0.05) is 17.6 Å². The highest BCUT2D eigenvalue weighted by atomic mass is 19.1. The van der Waals surface area contributed by atoms with E-state index in [4.69, 9.17) is 5.11 Å².